The number of hydrogen-bond donors (Lipinski definition) is 1. The molecule has 122 valence electrons. The summed E-state index contributed by atoms with van der Waals surface area (Å²) in [4.78, 5) is 12.4. The number of carbonyl (C=O) groups is 1. The Hall–Kier alpha value is -1.18. The van der Waals surface area contributed by atoms with Crippen molar-refractivity contribution < 1.29 is 14.3 Å². The Balaban J connectivity index is 2.29. The summed E-state index contributed by atoms with van der Waals surface area (Å²) in [6, 6.07) is 8.29. The normalized spacial score (nSPS) is 10.3. The monoisotopic (exact) mass is 465 g/mol. The zero-order valence-electron chi connectivity index (χ0n) is 12.5. The highest BCUT2D eigenvalue weighted by Crippen LogP contribution is 2.34. The number of ether oxygens (including phenoxy) is 2. The summed E-state index contributed by atoms with van der Waals surface area (Å²) in [5.74, 6) is 0.865. The lowest BCUT2D eigenvalue weighted by Gasteiger charge is -2.13. The molecule has 0 aliphatic rings. The quantitative estimate of drug-likeness (QED) is 0.613. The molecule has 0 aromatic heterocycles. The first-order chi connectivity index (χ1) is 11.0. The molecule has 0 aliphatic heterocycles. The van der Waals surface area contributed by atoms with Gasteiger partial charge in [0, 0.05) is 11.3 Å². The first-order valence-corrected chi connectivity index (χ1v) is 8.56. The van der Waals surface area contributed by atoms with Crippen LogP contribution in [-0.4, -0.2) is 19.6 Å². The van der Waals surface area contributed by atoms with E-state index >= 15 is 0 Å². The molecule has 0 atom stereocenters. The van der Waals surface area contributed by atoms with Gasteiger partial charge in [0.15, 0.2) is 11.5 Å². The second-order valence-electron chi connectivity index (χ2n) is 4.51. The molecule has 0 saturated carbocycles. The summed E-state index contributed by atoms with van der Waals surface area (Å²) in [5, 5.41) is 3.59. The van der Waals surface area contributed by atoms with Gasteiger partial charge in [-0.2, -0.15) is 0 Å². The summed E-state index contributed by atoms with van der Waals surface area (Å²) >= 11 is 13.9. The van der Waals surface area contributed by atoms with E-state index in [1.165, 1.54) is 0 Å². The molecule has 23 heavy (non-hydrogen) atoms. The number of nitrogens with one attached hydrogen (secondary N) is 1. The van der Waals surface area contributed by atoms with Gasteiger partial charge in [-0.25, -0.2) is 0 Å². The molecule has 7 heteroatoms. The molecule has 0 aliphatic carbocycles. The molecule has 0 spiro atoms. The number of halogens is 3. The Labute approximate surface area is 158 Å². The lowest BCUT2D eigenvalue weighted by molar-refractivity contribution is 0.102. The number of hydrogen-bond acceptors (Lipinski definition) is 3. The largest absolute Gasteiger partial charge is 0.492 e. The van der Waals surface area contributed by atoms with Crippen LogP contribution in [-0.2, 0) is 0 Å². The maximum absolute atomic E-state index is 12.4. The Morgan fingerprint density at radius 2 is 1.96 bits per heavy atom. The van der Waals surface area contributed by atoms with Crippen LogP contribution in [0.25, 0.3) is 0 Å². The van der Waals surface area contributed by atoms with E-state index < -0.39 is 0 Å². The molecule has 0 heterocycles. The van der Waals surface area contributed by atoms with E-state index in [1.54, 1.807) is 37.4 Å². The fraction of sp³-hybridized carbons (Fsp3) is 0.188. The average molecular weight is 466 g/mol. The number of amides is 1. The van der Waals surface area contributed by atoms with Gasteiger partial charge in [0.25, 0.3) is 5.91 Å². The molecule has 2 aromatic rings. The number of carbonyl (C=O) groups excluding carboxylic acids is 1. The van der Waals surface area contributed by atoms with E-state index in [0.29, 0.717) is 39.4 Å². The third-order valence-electron chi connectivity index (χ3n) is 2.95. The molecular formula is C16H14Cl2INO3. The van der Waals surface area contributed by atoms with Crippen LogP contribution in [0.2, 0.25) is 10.0 Å². The van der Waals surface area contributed by atoms with Crippen LogP contribution in [0.15, 0.2) is 30.3 Å². The van der Waals surface area contributed by atoms with Crippen molar-refractivity contribution in [2.45, 2.75) is 6.92 Å². The summed E-state index contributed by atoms with van der Waals surface area (Å²) in [7, 11) is 1.56. The van der Waals surface area contributed by atoms with E-state index in [1.807, 2.05) is 6.92 Å². The Bertz CT molecular complexity index is 738. The molecule has 0 radical (unpaired) electrons. The van der Waals surface area contributed by atoms with Crippen LogP contribution < -0.4 is 14.8 Å². The molecular weight excluding hydrogens is 452 g/mol. The fourth-order valence-corrected chi connectivity index (χ4v) is 3.06. The van der Waals surface area contributed by atoms with Crippen molar-refractivity contribution in [3.63, 3.8) is 0 Å². The van der Waals surface area contributed by atoms with Crippen molar-refractivity contribution in [1.82, 2.24) is 0 Å². The number of benzene rings is 2. The molecule has 2 rings (SSSR count). The first-order valence-electron chi connectivity index (χ1n) is 6.73. The zero-order chi connectivity index (χ0) is 17.0. The Kier molecular flexibility index (Phi) is 6.38. The highest BCUT2D eigenvalue weighted by molar-refractivity contribution is 14.1. The van der Waals surface area contributed by atoms with Crippen LogP contribution in [0.4, 0.5) is 5.69 Å². The minimum Gasteiger partial charge on any atom is -0.492 e. The molecule has 1 amide bonds. The lowest BCUT2D eigenvalue weighted by atomic mass is 10.2. The van der Waals surface area contributed by atoms with E-state index in [2.05, 4.69) is 27.9 Å². The second-order valence-corrected chi connectivity index (χ2v) is 6.48. The minimum atomic E-state index is -0.273. The summed E-state index contributed by atoms with van der Waals surface area (Å²) in [5.41, 5.74) is 1.03. The molecule has 0 bridgehead atoms. The fourth-order valence-electron chi connectivity index (χ4n) is 1.94. The van der Waals surface area contributed by atoms with Crippen molar-refractivity contribution in [1.29, 1.82) is 0 Å². The topological polar surface area (TPSA) is 47.6 Å². The second kappa shape index (κ2) is 8.08. The van der Waals surface area contributed by atoms with Gasteiger partial charge in [0.05, 0.1) is 27.3 Å². The van der Waals surface area contributed by atoms with E-state index in [0.717, 1.165) is 3.57 Å². The van der Waals surface area contributed by atoms with Crippen LogP contribution in [0.3, 0.4) is 0 Å². The highest BCUT2D eigenvalue weighted by Gasteiger charge is 2.15. The number of anilines is 1. The summed E-state index contributed by atoms with van der Waals surface area (Å²) in [6.45, 7) is 2.35. The van der Waals surface area contributed by atoms with Gasteiger partial charge >= 0.3 is 0 Å². The molecule has 0 unspecified atom stereocenters. The Morgan fingerprint density at radius 3 is 2.57 bits per heavy atom. The standard InChI is InChI=1S/C16H14Cl2INO3/c1-3-23-14-7-9(6-13(19)15(14)22-2)16(21)20-10-4-5-11(17)12(18)8-10/h4-8H,3H2,1-2H3,(H,20,21). The van der Waals surface area contributed by atoms with Gasteiger partial charge < -0.3 is 14.8 Å². The maximum atomic E-state index is 12.4. The maximum Gasteiger partial charge on any atom is 0.255 e. The van der Waals surface area contributed by atoms with Crippen molar-refractivity contribution in [2.75, 3.05) is 19.0 Å². The zero-order valence-corrected chi connectivity index (χ0v) is 16.1. The average Bonchev–Trinajstić information content (AvgIpc) is 2.51. The van der Waals surface area contributed by atoms with Crippen LogP contribution >= 0.6 is 45.8 Å². The van der Waals surface area contributed by atoms with Crippen LogP contribution in [0.1, 0.15) is 17.3 Å². The van der Waals surface area contributed by atoms with Crippen LogP contribution in [0, 0.1) is 3.57 Å². The predicted octanol–water partition coefficient (Wildman–Crippen LogP) is 5.26. The number of methoxy groups -OCH3 is 1. The molecule has 0 saturated heterocycles. The van der Waals surface area contributed by atoms with Gasteiger partial charge in [-0.1, -0.05) is 23.2 Å². The van der Waals surface area contributed by atoms with Crippen LogP contribution in [0.5, 0.6) is 11.5 Å². The van der Waals surface area contributed by atoms with Crippen molar-refractivity contribution in [3.8, 4) is 11.5 Å². The first kappa shape index (κ1) is 18.2. The lowest BCUT2D eigenvalue weighted by Crippen LogP contribution is -2.13. The third kappa shape index (κ3) is 4.43. The number of rotatable bonds is 5. The molecule has 0 fully saturated rings. The SMILES string of the molecule is CCOc1cc(C(=O)Nc2ccc(Cl)c(Cl)c2)cc(I)c1OC. The summed E-state index contributed by atoms with van der Waals surface area (Å²) in [6.07, 6.45) is 0. The van der Waals surface area contributed by atoms with Gasteiger partial charge in [0.1, 0.15) is 0 Å². The van der Waals surface area contributed by atoms with Crippen molar-refractivity contribution in [3.05, 3.63) is 49.5 Å². The molecule has 1 N–H and O–H groups in total. The molecule has 4 nitrogen and oxygen atoms in total. The Morgan fingerprint density at radius 1 is 1.22 bits per heavy atom. The van der Waals surface area contributed by atoms with E-state index in [4.69, 9.17) is 32.7 Å². The van der Waals surface area contributed by atoms with Gasteiger partial charge in [0.2, 0.25) is 0 Å². The van der Waals surface area contributed by atoms with Gasteiger partial charge in [-0.05, 0) is 59.8 Å². The van der Waals surface area contributed by atoms with Crippen molar-refractivity contribution in [2.24, 2.45) is 0 Å². The minimum absolute atomic E-state index is 0.273. The van der Waals surface area contributed by atoms with Crippen molar-refractivity contribution >= 4 is 57.4 Å². The summed E-state index contributed by atoms with van der Waals surface area (Å²) < 4.78 is 11.6. The van der Waals surface area contributed by atoms with E-state index in [9.17, 15) is 4.79 Å². The smallest absolute Gasteiger partial charge is 0.255 e. The van der Waals surface area contributed by atoms with E-state index in [-0.39, 0.29) is 5.91 Å². The predicted molar refractivity (Wildman–Crippen MR) is 101 cm³/mol. The highest BCUT2D eigenvalue weighted by atomic mass is 127. The van der Waals surface area contributed by atoms with Gasteiger partial charge in [-0.15, -0.1) is 0 Å². The third-order valence-corrected chi connectivity index (χ3v) is 4.49. The molecule has 2 aromatic carbocycles. The van der Waals surface area contributed by atoms with Gasteiger partial charge in [-0.3, -0.25) is 4.79 Å².